The molecule has 19 heavy (non-hydrogen) atoms. The van der Waals surface area contributed by atoms with Gasteiger partial charge in [0.05, 0.1) is 19.3 Å². The predicted molar refractivity (Wildman–Crippen MR) is 70.3 cm³/mol. The van der Waals surface area contributed by atoms with E-state index >= 15 is 0 Å². The van der Waals surface area contributed by atoms with Gasteiger partial charge in [-0.25, -0.2) is 4.79 Å². The highest BCUT2D eigenvalue weighted by molar-refractivity contribution is 5.91. The van der Waals surface area contributed by atoms with Crippen molar-refractivity contribution in [3.05, 3.63) is 29.3 Å². The maximum atomic E-state index is 11.4. The van der Waals surface area contributed by atoms with E-state index in [1.165, 1.54) is 13.2 Å². The number of benzene rings is 1. The first-order valence-electron chi connectivity index (χ1n) is 5.70. The summed E-state index contributed by atoms with van der Waals surface area (Å²) in [5.74, 6) is 4.55. The lowest BCUT2D eigenvalue weighted by molar-refractivity contribution is -0.141. The van der Waals surface area contributed by atoms with Gasteiger partial charge in [0.1, 0.15) is 6.42 Å². The van der Waals surface area contributed by atoms with Crippen molar-refractivity contribution in [1.29, 1.82) is 0 Å². The Bertz CT molecular complexity index is 540. The van der Waals surface area contributed by atoms with E-state index in [2.05, 4.69) is 16.6 Å². The SMILES string of the molecule is CCOC(=O)CC#Cc1cc(N)cc(C(=O)OC)c1. The molecule has 0 aliphatic carbocycles. The van der Waals surface area contributed by atoms with Crippen LogP contribution in [-0.4, -0.2) is 25.7 Å². The van der Waals surface area contributed by atoms with Gasteiger partial charge in [0.2, 0.25) is 0 Å². The minimum atomic E-state index is -0.485. The molecule has 0 saturated carbocycles. The zero-order valence-electron chi connectivity index (χ0n) is 10.9. The topological polar surface area (TPSA) is 78.6 Å². The number of hydrogen-bond donors (Lipinski definition) is 1. The minimum Gasteiger partial charge on any atom is -0.465 e. The van der Waals surface area contributed by atoms with E-state index < -0.39 is 5.97 Å². The summed E-state index contributed by atoms with van der Waals surface area (Å²) in [5, 5.41) is 0. The first-order chi connectivity index (χ1) is 9.06. The molecule has 1 aromatic rings. The van der Waals surface area contributed by atoms with E-state index in [1.54, 1.807) is 19.1 Å². The molecule has 0 aromatic heterocycles. The van der Waals surface area contributed by atoms with Gasteiger partial charge < -0.3 is 15.2 Å². The number of nitrogens with two attached hydrogens (primary N) is 1. The summed E-state index contributed by atoms with van der Waals surface area (Å²) in [5.41, 5.74) is 6.94. The van der Waals surface area contributed by atoms with Crippen LogP contribution < -0.4 is 5.73 Å². The molecule has 0 amide bonds. The molecule has 0 aliphatic heterocycles. The summed E-state index contributed by atoms with van der Waals surface area (Å²) in [4.78, 5) is 22.5. The van der Waals surface area contributed by atoms with Crippen LogP contribution in [0.5, 0.6) is 0 Å². The highest BCUT2D eigenvalue weighted by Crippen LogP contribution is 2.12. The fraction of sp³-hybridized carbons (Fsp3) is 0.286. The summed E-state index contributed by atoms with van der Waals surface area (Å²) in [6.07, 6.45) is -0.00377. The largest absolute Gasteiger partial charge is 0.465 e. The van der Waals surface area contributed by atoms with Crippen LogP contribution in [0.2, 0.25) is 0 Å². The number of methoxy groups -OCH3 is 1. The van der Waals surface area contributed by atoms with E-state index in [0.717, 1.165) is 0 Å². The fourth-order valence-corrected chi connectivity index (χ4v) is 1.39. The predicted octanol–water partition coefficient (Wildman–Crippen LogP) is 1.36. The maximum Gasteiger partial charge on any atom is 0.337 e. The standard InChI is InChI=1S/C14H15NO4/c1-3-19-13(16)6-4-5-10-7-11(14(17)18-2)9-12(15)8-10/h7-9H,3,6,15H2,1-2H3. The molecule has 0 saturated heterocycles. The lowest BCUT2D eigenvalue weighted by Crippen LogP contribution is -2.03. The number of esters is 2. The zero-order valence-corrected chi connectivity index (χ0v) is 10.9. The van der Waals surface area contributed by atoms with Crippen molar-refractivity contribution in [3.8, 4) is 11.8 Å². The van der Waals surface area contributed by atoms with Crippen LogP contribution in [0.15, 0.2) is 18.2 Å². The molecule has 0 fully saturated rings. The highest BCUT2D eigenvalue weighted by atomic mass is 16.5. The maximum absolute atomic E-state index is 11.4. The van der Waals surface area contributed by atoms with Crippen molar-refractivity contribution < 1.29 is 19.1 Å². The molecule has 0 spiro atoms. The van der Waals surface area contributed by atoms with Crippen molar-refractivity contribution in [2.24, 2.45) is 0 Å². The molecule has 0 bridgehead atoms. The fourth-order valence-electron chi connectivity index (χ4n) is 1.39. The quantitative estimate of drug-likeness (QED) is 0.505. The van der Waals surface area contributed by atoms with E-state index in [4.69, 9.17) is 10.5 Å². The van der Waals surface area contributed by atoms with Gasteiger partial charge in [-0.1, -0.05) is 11.8 Å². The average Bonchev–Trinajstić information content (AvgIpc) is 2.37. The summed E-state index contributed by atoms with van der Waals surface area (Å²) >= 11 is 0. The van der Waals surface area contributed by atoms with Gasteiger partial charge in [-0.2, -0.15) is 0 Å². The number of nitrogen functional groups attached to an aromatic ring is 1. The second-order valence-electron chi connectivity index (χ2n) is 3.62. The first-order valence-corrected chi connectivity index (χ1v) is 5.70. The third-order valence-corrected chi connectivity index (χ3v) is 2.15. The van der Waals surface area contributed by atoms with Crippen LogP contribution in [0, 0.1) is 11.8 Å². The summed E-state index contributed by atoms with van der Waals surface area (Å²) in [6, 6.07) is 4.67. The van der Waals surface area contributed by atoms with Crippen molar-refractivity contribution >= 4 is 17.6 Å². The number of anilines is 1. The lowest BCUT2D eigenvalue weighted by atomic mass is 10.1. The van der Waals surface area contributed by atoms with Crippen LogP contribution in [-0.2, 0) is 14.3 Å². The second kappa shape index (κ2) is 7.07. The third-order valence-electron chi connectivity index (χ3n) is 2.15. The van der Waals surface area contributed by atoms with Gasteiger partial charge in [-0.05, 0) is 25.1 Å². The zero-order chi connectivity index (χ0) is 14.3. The van der Waals surface area contributed by atoms with Gasteiger partial charge in [-0.15, -0.1) is 0 Å². The summed E-state index contributed by atoms with van der Waals surface area (Å²) in [7, 11) is 1.29. The molecule has 2 N–H and O–H groups in total. The lowest BCUT2D eigenvalue weighted by Gasteiger charge is -2.01. The molecule has 1 aromatic carbocycles. The molecule has 5 heteroatoms. The Balaban J connectivity index is 2.84. The monoisotopic (exact) mass is 261 g/mol. The Morgan fingerprint density at radius 3 is 2.68 bits per heavy atom. The van der Waals surface area contributed by atoms with Crippen molar-refractivity contribution in [3.63, 3.8) is 0 Å². The normalized spacial score (nSPS) is 9.16. The number of hydrogen-bond acceptors (Lipinski definition) is 5. The molecule has 100 valence electrons. The Morgan fingerprint density at radius 2 is 2.05 bits per heavy atom. The minimum absolute atomic E-state index is 0.00377. The summed E-state index contributed by atoms with van der Waals surface area (Å²) < 4.78 is 9.35. The van der Waals surface area contributed by atoms with Crippen molar-refractivity contribution in [2.45, 2.75) is 13.3 Å². The third kappa shape index (κ3) is 4.72. The molecule has 1 rings (SSSR count). The van der Waals surface area contributed by atoms with Crippen LogP contribution >= 0.6 is 0 Å². The highest BCUT2D eigenvalue weighted by Gasteiger charge is 2.06. The van der Waals surface area contributed by atoms with Crippen LogP contribution in [0.4, 0.5) is 5.69 Å². The molecule has 0 radical (unpaired) electrons. The number of rotatable bonds is 3. The van der Waals surface area contributed by atoms with Crippen molar-refractivity contribution in [2.75, 3.05) is 19.5 Å². The Hall–Kier alpha value is -2.48. The van der Waals surface area contributed by atoms with E-state index in [1.807, 2.05) is 0 Å². The summed E-state index contributed by atoms with van der Waals surface area (Å²) in [6.45, 7) is 2.05. The molecule has 0 atom stereocenters. The van der Waals surface area contributed by atoms with Gasteiger partial charge >= 0.3 is 11.9 Å². The average molecular weight is 261 g/mol. The number of ether oxygens (including phenoxy) is 2. The van der Waals surface area contributed by atoms with Crippen LogP contribution in [0.1, 0.15) is 29.3 Å². The number of carbonyl (C=O) groups excluding carboxylic acids is 2. The molecular formula is C14H15NO4. The second-order valence-corrected chi connectivity index (χ2v) is 3.62. The Kier molecular flexibility index (Phi) is 5.42. The van der Waals surface area contributed by atoms with Crippen molar-refractivity contribution in [1.82, 2.24) is 0 Å². The van der Waals surface area contributed by atoms with Gasteiger partial charge in [0.25, 0.3) is 0 Å². The number of carbonyl (C=O) groups is 2. The smallest absolute Gasteiger partial charge is 0.337 e. The molecule has 0 aliphatic rings. The van der Waals surface area contributed by atoms with Crippen LogP contribution in [0.25, 0.3) is 0 Å². The Labute approximate surface area is 111 Å². The first kappa shape index (κ1) is 14.6. The molecule has 0 heterocycles. The van der Waals surface area contributed by atoms with E-state index in [0.29, 0.717) is 23.4 Å². The molecule has 5 nitrogen and oxygen atoms in total. The molecule has 0 unspecified atom stereocenters. The van der Waals surface area contributed by atoms with E-state index in [-0.39, 0.29) is 12.4 Å². The van der Waals surface area contributed by atoms with Gasteiger partial charge in [-0.3, -0.25) is 4.79 Å². The van der Waals surface area contributed by atoms with Crippen LogP contribution in [0.3, 0.4) is 0 Å². The van der Waals surface area contributed by atoms with Gasteiger partial charge in [0.15, 0.2) is 0 Å². The Morgan fingerprint density at radius 1 is 1.32 bits per heavy atom. The molecular weight excluding hydrogens is 246 g/mol. The van der Waals surface area contributed by atoms with Gasteiger partial charge in [0, 0.05) is 11.3 Å². The van der Waals surface area contributed by atoms with E-state index in [9.17, 15) is 9.59 Å².